The lowest BCUT2D eigenvalue weighted by molar-refractivity contribution is -0.120. The Kier molecular flexibility index (Phi) is 4.74. The fourth-order valence-corrected chi connectivity index (χ4v) is 2.20. The smallest absolute Gasteiger partial charge is 0.224 e. The van der Waals surface area contributed by atoms with Crippen LogP contribution in [0.3, 0.4) is 0 Å². The largest absolute Gasteiger partial charge is 0.352 e. The molecular weight excluding hydrogens is 236 g/mol. The third kappa shape index (κ3) is 4.21. The van der Waals surface area contributed by atoms with E-state index in [1.54, 1.807) is 0 Å². The molecule has 2 rings (SSSR count). The maximum atomic E-state index is 11.9. The fourth-order valence-electron chi connectivity index (χ4n) is 2.20. The molecule has 0 aliphatic carbocycles. The predicted molar refractivity (Wildman–Crippen MR) is 78.2 cm³/mol. The zero-order chi connectivity index (χ0) is 13.7. The number of nitrogens with one attached hydrogen (secondary N) is 2. The number of carbonyl (C=O) groups is 1. The Hall–Kier alpha value is -1.61. The van der Waals surface area contributed by atoms with E-state index in [1.165, 1.54) is 16.7 Å². The summed E-state index contributed by atoms with van der Waals surface area (Å²) in [5, 5.41) is 6.26. The minimum absolute atomic E-state index is 0.0997. The number of rotatable bonds is 4. The van der Waals surface area contributed by atoms with Crippen LogP contribution in [0.15, 0.2) is 29.8 Å². The van der Waals surface area contributed by atoms with Crippen LogP contribution < -0.4 is 10.6 Å². The number of amides is 1. The maximum absolute atomic E-state index is 11.9. The van der Waals surface area contributed by atoms with Gasteiger partial charge in [-0.25, -0.2) is 0 Å². The first-order valence-electron chi connectivity index (χ1n) is 6.86. The second-order valence-electron chi connectivity index (χ2n) is 5.19. The number of hydrogen-bond acceptors (Lipinski definition) is 2. The molecule has 1 aliphatic rings. The van der Waals surface area contributed by atoms with Crippen molar-refractivity contribution in [1.82, 2.24) is 10.6 Å². The molecule has 0 radical (unpaired) electrons. The molecule has 1 aromatic rings. The van der Waals surface area contributed by atoms with Crippen LogP contribution in [0.25, 0.3) is 0 Å². The molecule has 0 fully saturated rings. The molecule has 2 N–H and O–H groups in total. The molecule has 3 nitrogen and oxygen atoms in total. The van der Waals surface area contributed by atoms with E-state index in [0.717, 1.165) is 25.1 Å². The highest BCUT2D eigenvalue weighted by Crippen LogP contribution is 2.10. The van der Waals surface area contributed by atoms with Gasteiger partial charge in [0.1, 0.15) is 0 Å². The minimum Gasteiger partial charge on any atom is -0.352 e. The van der Waals surface area contributed by atoms with Crippen molar-refractivity contribution in [3.05, 3.63) is 46.5 Å². The summed E-state index contributed by atoms with van der Waals surface area (Å²) in [6.45, 7) is 6.78. The van der Waals surface area contributed by atoms with Gasteiger partial charge in [-0.15, -0.1) is 0 Å². The first kappa shape index (κ1) is 13.8. The van der Waals surface area contributed by atoms with E-state index in [0.29, 0.717) is 13.0 Å². The summed E-state index contributed by atoms with van der Waals surface area (Å²) in [5.74, 6) is 0.0997. The molecule has 0 spiro atoms. The normalized spacial score (nSPS) is 14.9. The molecule has 1 aromatic carbocycles. The molecule has 0 atom stereocenters. The van der Waals surface area contributed by atoms with Gasteiger partial charge in [0.05, 0.1) is 6.42 Å². The van der Waals surface area contributed by atoms with Crippen LogP contribution >= 0.6 is 0 Å². The van der Waals surface area contributed by atoms with Crippen molar-refractivity contribution in [3.63, 3.8) is 0 Å². The summed E-state index contributed by atoms with van der Waals surface area (Å²) >= 11 is 0. The van der Waals surface area contributed by atoms with Crippen LogP contribution in [0.1, 0.15) is 23.1 Å². The maximum Gasteiger partial charge on any atom is 0.224 e. The topological polar surface area (TPSA) is 41.1 Å². The molecular formula is C16H22N2O. The Morgan fingerprint density at radius 1 is 1.32 bits per heavy atom. The van der Waals surface area contributed by atoms with E-state index in [2.05, 4.69) is 42.7 Å². The van der Waals surface area contributed by atoms with Crippen molar-refractivity contribution < 1.29 is 4.79 Å². The van der Waals surface area contributed by atoms with Crippen molar-refractivity contribution in [2.75, 3.05) is 19.6 Å². The Morgan fingerprint density at radius 2 is 2.16 bits per heavy atom. The molecule has 1 amide bonds. The quantitative estimate of drug-likeness (QED) is 0.810. The van der Waals surface area contributed by atoms with Crippen molar-refractivity contribution in [3.8, 4) is 0 Å². The van der Waals surface area contributed by atoms with Crippen molar-refractivity contribution >= 4 is 5.91 Å². The molecule has 19 heavy (non-hydrogen) atoms. The SMILES string of the molecule is Cc1ccc(CC(=O)NCC2=CCNCC2)cc1C. The third-order valence-corrected chi connectivity index (χ3v) is 3.61. The summed E-state index contributed by atoms with van der Waals surface area (Å²) in [6, 6.07) is 6.21. The summed E-state index contributed by atoms with van der Waals surface area (Å²) in [6.07, 6.45) is 3.66. The summed E-state index contributed by atoms with van der Waals surface area (Å²) in [4.78, 5) is 11.9. The third-order valence-electron chi connectivity index (χ3n) is 3.61. The first-order valence-corrected chi connectivity index (χ1v) is 6.86. The second kappa shape index (κ2) is 6.53. The number of benzene rings is 1. The van der Waals surface area contributed by atoms with E-state index in [9.17, 15) is 4.79 Å². The average molecular weight is 258 g/mol. The molecule has 0 saturated carbocycles. The minimum atomic E-state index is 0.0997. The number of hydrogen-bond donors (Lipinski definition) is 2. The lowest BCUT2D eigenvalue weighted by Crippen LogP contribution is -2.30. The van der Waals surface area contributed by atoms with Gasteiger partial charge in [0.2, 0.25) is 5.91 Å². The standard InChI is InChI=1S/C16H22N2O/c1-12-3-4-15(9-13(12)2)10-16(19)18-11-14-5-7-17-8-6-14/h3-5,9,17H,6-8,10-11H2,1-2H3,(H,18,19). The Bertz CT molecular complexity index is 492. The zero-order valence-electron chi connectivity index (χ0n) is 11.8. The highest BCUT2D eigenvalue weighted by atomic mass is 16.1. The number of aryl methyl sites for hydroxylation is 2. The van der Waals surface area contributed by atoms with Crippen LogP contribution in [0.5, 0.6) is 0 Å². The van der Waals surface area contributed by atoms with E-state index >= 15 is 0 Å². The van der Waals surface area contributed by atoms with Gasteiger partial charge in [-0.2, -0.15) is 0 Å². The van der Waals surface area contributed by atoms with Gasteiger partial charge in [0.25, 0.3) is 0 Å². The van der Waals surface area contributed by atoms with Gasteiger partial charge in [0.15, 0.2) is 0 Å². The van der Waals surface area contributed by atoms with E-state index < -0.39 is 0 Å². The molecule has 0 unspecified atom stereocenters. The average Bonchev–Trinajstić information content (AvgIpc) is 2.42. The van der Waals surface area contributed by atoms with Crippen molar-refractivity contribution in [2.45, 2.75) is 26.7 Å². The summed E-state index contributed by atoms with van der Waals surface area (Å²) < 4.78 is 0. The summed E-state index contributed by atoms with van der Waals surface area (Å²) in [7, 11) is 0. The van der Waals surface area contributed by atoms with E-state index in [4.69, 9.17) is 0 Å². The lowest BCUT2D eigenvalue weighted by Gasteiger charge is -2.14. The van der Waals surface area contributed by atoms with E-state index in [-0.39, 0.29) is 5.91 Å². The Morgan fingerprint density at radius 3 is 2.84 bits per heavy atom. The van der Waals surface area contributed by atoms with Crippen molar-refractivity contribution in [2.24, 2.45) is 0 Å². The van der Waals surface area contributed by atoms with Crippen LogP contribution in [0, 0.1) is 13.8 Å². The van der Waals surface area contributed by atoms with Crippen LogP contribution in [0.4, 0.5) is 0 Å². The molecule has 1 heterocycles. The highest BCUT2D eigenvalue weighted by Gasteiger charge is 2.07. The van der Waals surface area contributed by atoms with Gasteiger partial charge in [0, 0.05) is 13.1 Å². The predicted octanol–water partition coefficient (Wildman–Crippen LogP) is 1.88. The first-order chi connectivity index (χ1) is 9.15. The highest BCUT2D eigenvalue weighted by molar-refractivity contribution is 5.78. The van der Waals surface area contributed by atoms with Gasteiger partial charge >= 0.3 is 0 Å². The molecule has 0 bridgehead atoms. The molecule has 3 heteroatoms. The molecule has 1 aliphatic heterocycles. The van der Waals surface area contributed by atoms with Gasteiger partial charge in [-0.05, 0) is 43.5 Å². The fraction of sp³-hybridized carbons (Fsp3) is 0.438. The monoisotopic (exact) mass is 258 g/mol. The van der Waals surface area contributed by atoms with Gasteiger partial charge < -0.3 is 10.6 Å². The van der Waals surface area contributed by atoms with Gasteiger partial charge in [-0.1, -0.05) is 29.8 Å². The van der Waals surface area contributed by atoms with Crippen LogP contribution in [-0.4, -0.2) is 25.5 Å². The molecule has 0 saturated heterocycles. The van der Waals surface area contributed by atoms with Gasteiger partial charge in [-0.3, -0.25) is 4.79 Å². The Labute approximate surface area is 115 Å². The second-order valence-corrected chi connectivity index (χ2v) is 5.19. The van der Waals surface area contributed by atoms with Crippen molar-refractivity contribution in [1.29, 1.82) is 0 Å². The van der Waals surface area contributed by atoms with Crippen LogP contribution in [-0.2, 0) is 11.2 Å². The number of carbonyl (C=O) groups excluding carboxylic acids is 1. The summed E-state index contributed by atoms with van der Waals surface area (Å²) in [5.41, 5.74) is 4.92. The van der Waals surface area contributed by atoms with Crippen LogP contribution in [0.2, 0.25) is 0 Å². The van der Waals surface area contributed by atoms with E-state index in [1.807, 2.05) is 6.07 Å². The molecule has 0 aromatic heterocycles. The Balaban J connectivity index is 1.83. The molecule has 102 valence electrons. The lowest BCUT2D eigenvalue weighted by atomic mass is 10.0. The zero-order valence-corrected chi connectivity index (χ0v) is 11.8.